The van der Waals surface area contributed by atoms with E-state index in [4.69, 9.17) is 0 Å². The molecule has 0 bridgehead atoms. The molecule has 0 spiro atoms. The van der Waals surface area contributed by atoms with Gasteiger partial charge in [0.05, 0.1) is 0 Å². The standard InChI is InChI=1S/C25H38Si3/c1-21(2)22(3)20-28(23-16-12-10-13-17-23,24-18-14-11-15-19-24)25(26(4,5)6)27(7,8)9/h10-19,25H,1,3,20H2,2,4-9H3. The molecule has 0 unspecified atom stereocenters. The van der Waals surface area contributed by atoms with Crippen LogP contribution in [0, 0.1) is 0 Å². The van der Waals surface area contributed by atoms with Gasteiger partial charge < -0.3 is 0 Å². The minimum Gasteiger partial charge on any atom is -0.0959 e. The largest absolute Gasteiger partial charge is 0.120 e. The van der Waals surface area contributed by atoms with Gasteiger partial charge in [0.25, 0.3) is 0 Å². The third-order valence-electron chi connectivity index (χ3n) is 5.90. The quantitative estimate of drug-likeness (QED) is 0.336. The van der Waals surface area contributed by atoms with Crippen molar-refractivity contribution in [3.8, 4) is 0 Å². The SMILES string of the molecule is C=C(C)C(=C)C[Si](c1ccccc1)(c1ccccc1)C([Si](C)(C)C)[Si](C)(C)C. The number of hydrogen-bond acceptors (Lipinski definition) is 0. The van der Waals surface area contributed by atoms with E-state index < -0.39 is 24.2 Å². The molecule has 0 heterocycles. The number of allylic oxidation sites excluding steroid dienone is 2. The normalized spacial score (nSPS) is 12.9. The van der Waals surface area contributed by atoms with Gasteiger partial charge in [-0.3, -0.25) is 0 Å². The highest BCUT2D eigenvalue weighted by atomic mass is 28.5. The molecule has 3 heteroatoms. The lowest BCUT2D eigenvalue weighted by Gasteiger charge is -2.52. The first kappa shape index (κ1) is 22.9. The Morgan fingerprint density at radius 1 is 0.714 bits per heavy atom. The van der Waals surface area contributed by atoms with E-state index in [-0.39, 0.29) is 0 Å². The molecule has 0 saturated carbocycles. The van der Waals surface area contributed by atoms with Gasteiger partial charge in [-0.05, 0) is 17.8 Å². The molecule has 0 amide bonds. The molecule has 2 rings (SSSR count). The summed E-state index contributed by atoms with van der Waals surface area (Å²) in [4.78, 5) is 0.799. The van der Waals surface area contributed by atoms with Crippen LogP contribution in [0.25, 0.3) is 0 Å². The third kappa shape index (κ3) is 4.76. The van der Waals surface area contributed by atoms with Gasteiger partial charge in [0.15, 0.2) is 0 Å². The molecule has 0 aliphatic carbocycles. The summed E-state index contributed by atoms with van der Waals surface area (Å²) in [5, 5.41) is 3.14. The average Bonchev–Trinajstić information content (AvgIpc) is 2.60. The molecule has 0 aliphatic heterocycles. The Kier molecular flexibility index (Phi) is 6.95. The van der Waals surface area contributed by atoms with Gasteiger partial charge in [-0.1, -0.05) is 135 Å². The van der Waals surface area contributed by atoms with E-state index >= 15 is 0 Å². The van der Waals surface area contributed by atoms with Gasteiger partial charge >= 0.3 is 0 Å². The van der Waals surface area contributed by atoms with Crippen LogP contribution in [0.3, 0.4) is 0 Å². The summed E-state index contributed by atoms with van der Waals surface area (Å²) in [6.45, 7) is 26.4. The predicted molar refractivity (Wildman–Crippen MR) is 137 cm³/mol. The maximum atomic E-state index is 4.50. The first-order valence-electron chi connectivity index (χ1n) is 10.4. The summed E-state index contributed by atoms with van der Waals surface area (Å²) in [6, 6.07) is 23.9. The Balaban J connectivity index is 2.95. The minimum absolute atomic E-state index is 0.799. The van der Waals surface area contributed by atoms with E-state index in [1.165, 1.54) is 5.57 Å². The molecule has 0 aliphatic rings. The topological polar surface area (TPSA) is 0 Å². The van der Waals surface area contributed by atoms with Gasteiger partial charge in [-0.25, -0.2) is 0 Å². The van der Waals surface area contributed by atoms with Crippen LogP contribution in [-0.4, -0.2) is 24.2 Å². The molecule has 0 nitrogen and oxygen atoms in total. The second kappa shape index (κ2) is 8.52. The van der Waals surface area contributed by atoms with Gasteiger partial charge in [0, 0.05) is 16.1 Å². The van der Waals surface area contributed by atoms with Gasteiger partial charge in [-0.15, -0.1) is 0 Å². The lowest BCUT2D eigenvalue weighted by atomic mass is 10.2. The van der Waals surface area contributed by atoms with Crippen molar-refractivity contribution in [2.75, 3.05) is 0 Å². The summed E-state index contributed by atoms with van der Waals surface area (Å²) in [5.41, 5.74) is 2.37. The minimum atomic E-state index is -2.11. The van der Waals surface area contributed by atoms with Crippen LogP contribution in [-0.2, 0) is 0 Å². The zero-order valence-corrected chi connectivity index (χ0v) is 22.0. The lowest BCUT2D eigenvalue weighted by molar-refractivity contribution is 1.27. The van der Waals surface area contributed by atoms with Crippen LogP contribution < -0.4 is 10.4 Å². The summed E-state index contributed by atoms with van der Waals surface area (Å²) < 4.78 is 0. The van der Waals surface area contributed by atoms with Crippen molar-refractivity contribution >= 4 is 34.6 Å². The second-order valence-electron chi connectivity index (χ2n) is 10.4. The van der Waals surface area contributed by atoms with Crippen LogP contribution in [0.1, 0.15) is 6.92 Å². The van der Waals surface area contributed by atoms with Crippen LogP contribution >= 0.6 is 0 Å². The molecular weight excluding hydrogens is 385 g/mol. The molecule has 0 radical (unpaired) electrons. The molecule has 0 saturated heterocycles. The zero-order valence-electron chi connectivity index (χ0n) is 19.0. The Labute approximate surface area is 176 Å². The van der Waals surface area contributed by atoms with Crippen molar-refractivity contribution in [1.82, 2.24) is 0 Å². The Morgan fingerprint density at radius 3 is 1.36 bits per heavy atom. The highest BCUT2D eigenvalue weighted by Crippen LogP contribution is 2.43. The summed E-state index contributed by atoms with van der Waals surface area (Å²) in [5.74, 6) is 0. The van der Waals surface area contributed by atoms with Crippen molar-refractivity contribution in [3.05, 3.63) is 85.0 Å². The van der Waals surface area contributed by atoms with E-state index in [0.717, 1.165) is 16.4 Å². The number of rotatable bonds is 8. The first-order valence-corrected chi connectivity index (χ1v) is 19.8. The van der Waals surface area contributed by atoms with E-state index in [2.05, 4.69) is 120 Å². The number of hydrogen-bond donors (Lipinski definition) is 0. The fourth-order valence-corrected chi connectivity index (χ4v) is 34.5. The maximum absolute atomic E-state index is 4.50. The van der Waals surface area contributed by atoms with Crippen molar-refractivity contribution in [1.29, 1.82) is 0 Å². The summed E-state index contributed by atoms with van der Waals surface area (Å²) >= 11 is 0. The maximum Gasteiger partial charge on any atom is 0.120 e. The van der Waals surface area contributed by atoms with Gasteiger partial charge in [-0.2, -0.15) is 0 Å². The molecule has 0 atom stereocenters. The Bertz CT molecular complexity index is 755. The second-order valence-corrected chi connectivity index (χ2v) is 26.8. The van der Waals surface area contributed by atoms with Crippen molar-refractivity contribution in [2.24, 2.45) is 0 Å². The van der Waals surface area contributed by atoms with E-state index in [1.54, 1.807) is 10.4 Å². The van der Waals surface area contributed by atoms with E-state index in [1.807, 2.05) is 0 Å². The lowest BCUT2D eigenvalue weighted by Crippen LogP contribution is -2.71. The van der Waals surface area contributed by atoms with Crippen molar-refractivity contribution in [2.45, 2.75) is 57.0 Å². The third-order valence-corrected chi connectivity index (χ3v) is 27.4. The van der Waals surface area contributed by atoms with Gasteiger partial charge in [0.1, 0.15) is 8.07 Å². The molecule has 2 aromatic carbocycles. The molecule has 0 aromatic heterocycles. The molecule has 2 aromatic rings. The highest BCUT2D eigenvalue weighted by Gasteiger charge is 2.55. The zero-order chi connectivity index (χ0) is 21.2. The summed E-state index contributed by atoms with van der Waals surface area (Å²) in [7, 11) is -5.05. The molecular formula is C25H38Si3. The molecule has 0 fully saturated rings. The fourth-order valence-electron chi connectivity index (χ4n) is 5.54. The Morgan fingerprint density at radius 2 is 1.07 bits per heavy atom. The van der Waals surface area contributed by atoms with Crippen LogP contribution in [0.5, 0.6) is 0 Å². The molecule has 28 heavy (non-hydrogen) atoms. The predicted octanol–water partition coefficient (Wildman–Crippen LogP) is 6.51. The highest BCUT2D eigenvalue weighted by molar-refractivity contribution is 7.22. The average molecular weight is 423 g/mol. The number of benzene rings is 2. The monoisotopic (exact) mass is 422 g/mol. The van der Waals surface area contributed by atoms with E-state index in [9.17, 15) is 0 Å². The van der Waals surface area contributed by atoms with Crippen LogP contribution in [0.15, 0.2) is 85.0 Å². The molecule has 150 valence electrons. The van der Waals surface area contributed by atoms with Crippen LogP contribution in [0.2, 0.25) is 50.1 Å². The van der Waals surface area contributed by atoms with Crippen LogP contribution in [0.4, 0.5) is 0 Å². The van der Waals surface area contributed by atoms with Crippen molar-refractivity contribution < 1.29 is 0 Å². The fraction of sp³-hybridized carbons (Fsp3) is 0.360. The van der Waals surface area contributed by atoms with E-state index in [0.29, 0.717) is 0 Å². The Hall–Kier alpha value is -1.43. The smallest absolute Gasteiger partial charge is 0.0959 e. The van der Waals surface area contributed by atoms with Crippen molar-refractivity contribution in [3.63, 3.8) is 0 Å². The van der Waals surface area contributed by atoms with Gasteiger partial charge in [0.2, 0.25) is 0 Å². The first-order chi connectivity index (χ1) is 12.9. The summed E-state index contributed by atoms with van der Waals surface area (Å²) in [6.07, 6.45) is 0. The molecule has 0 N–H and O–H groups in total.